The Labute approximate surface area is 112 Å². The van der Waals surface area contributed by atoms with Gasteiger partial charge in [-0.2, -0.15) is 0 Å². The largest absolute Gasteiger partial charge is 0.481 e. The van der Waals surface area contributed by atoms with Crippen molar-refractivity contribution in [1.29, 1.82) is 0 Å². The topological polar surface area (TPSA) is 49.3 Å². The Kier molecular flexibility index (Phi) is 4.61. The van der Waals surface area contributed by atoms with Crippen LogP contribution < -0.4 is 5.32 Å². The van der Waals surface area contributed by atoms with Gasteiger partial charge in [-0.1, -0.05) is 30.2 Å². The first-order chi connectivity index (χ1) is 8.65. The molecule has 18 heavy (non-hydrogen) atoms. The second kappa shape index (κ2) is 6.21. The van der Waals surface area contributed by atoms with Gasteiger partial charge < -0.3 is 10.4 Å². The molecule has 1 aromatic rings. The van der Waals surface area contributed by atoms with Crippen molar-refractivity contribution in [3.8, 4) is 0 Å². The van der Waals surface area contributed by atoms with E-state index >= 15 is 0 Å². The molecule has 2 unspecified atom stereocenters. The van der Waals surface area contributed by atoms with Crippen LogP contribution in [-0.4, -0.2) is 17.1 Å². The van der Waals surface area contributed by atoms with Crippen LogP contribution in [0.4, 0.5) is 0 Å². The van der Waals surface area contributed by atoms with Gasteiger partial charge in [0.15, 0.2) is 0 Å². The number of aliphatic carboxylic acids is 1. The summed E-state index contributed by atoms with van der Waals surface area (Å²) in [7, 11) is 0. The summed E-state index contributed by atoms with van der Waals surface area (Å²) < 4.78 is 0. The molecule has 2 atom stereocenters. The molecule has 1 aliphatic carbocycles. The highest BCUT2D eigenvalue weighted by Gasteiger charge is 2.26. The maximum absolute atomic E-state index is 11.0. The first-order valence-electron chi connectivity index (χ1n) is 6.36. The minimum atomic E-state index is -0.663. The summed E-state index contributed by atoms with van der Waals surface area (Å²) in [6.45, 7) is 0.748. The lowest BCUT2D eigenvalue weighted by molar-refractivity contribution is -0.143. The molecule has 0 aromatic heterocycles. The first-order valence-corrected chi connectivity index (χ1v) is 6.73. The average Bonchev–Trinajstić information content (AvgIpc) is 2.37. The summed E-state index contributed by atoms with van der Waals surface area (Å²) in [5, 5.41) is 13.2. The third-order valence-electron chi connectivity index (χ3n) is 3.51. The predicted molar refractivity (Wildman–Crippen MR) is 71.7 cm³/mol. The van der Waals surface area contributed by atoms with E-state index < -0.39 is 5.97 Å². The van der Waals surface area contributed by atoms with Crippen molar-refractivity contribution in [1.82, 2.24) is 5.32 Å². The molecular formula is C14H18ClNO2. The number of carboxylic acid groups (broad SMARTS) is 1. The van der Waals surface area contributed by atoms with Gasteiger partial charge in [0.25, 0.3) is 0 Å². The van der Waals surface area contributed by atoms with Crippen LogP contribution in [-0.2, 0) is 11.3 Å². The van der Waals surface area contributed by atoms with Gasteiger partial charge in [0.05, 0.1) is 5.92 Å². The van der Waals surface area contributed by atoms with E-state index in [0.29, 0.717) is 6.04 Å². The number of benzene rings is 1. The molecule has 1 fully saturated rings. The summed E-state index contributed by atoms with van der Waals surface area (Å²) in [5.74, 6) is -0.847. The molecule has 0 amide bonds. The van der Waals surface area contributed by atoms with Crippen LogP contribution >= 0.6 is 11.6 Å². The van der Waals surface area contributed by atoms with E-state index in [-0.39, 0.29) is 5.92 Å². The third kappa shape index (κ3) is 3.72. The van der Waals surface area contributed by atoms with Gasteiger partial charge >= 0.3 is 5.97 Å². The van der Waals surface area contributed by atoms with Crippen molar-refractivity contribution in [2.24, 2.45) is 5.92 Å². The number of hydrogen-bond donors (Lipinski definition) is 2. The van der Waals surface area contributed by atoms with Crippen LogP contribution in [0, 0.1) is 5.92 Å². The Bertz CT molecular complexity index is 422. The predicted octanol–water partition coefficient (Wildman–Crippen LogP) is 3.07. The van der Waals surface area contributed by atoms with Gasteiger partial charge in [0, 0.05) is 17.6 Å². The quantitative estimate of drug-likeness (QED) is 0.881. The fourth-order valence-electron chi connectivity index (χ4n) is 2.51. The maximum Gasteiger partial charge on any atom is 0.306 e. The molecule has 0 radical (unpaired) electrons. The molecule has 1 saturated carbocycles. The highest BCUT2D eigenvalue weighted by Crippen LogP contribution is 2.24. The van der Waals surface area contributed by atoms with E-state index in [2.05, 4.69) is 5.32 Å². The second-order valence-corrected chi connectivity index (χ2v) is 5.35. The average molecular weight is 268 g/mol. The minimum absolute atomic E-state index is 0.185. The standard InChI is InChI=1S/C14H18ClNO2/c15-12-5-1-3-10(7-12)9-16-13-6-2-4-11(8-13)14(17)18/h1,3,5,7,11,13,16H,2,4,6,8-9H2,(H,17,18). The van der Waals surface area contributed by atoms with Crippen LogP contribution in [0.2, 0.25) is 5.02 Å². The van der Waals surface area contributed by atoms with E-state index in [4.69, 9.17) is 16.7 Å². The van der Waals surface area contributed by atoms with Gasteiger partial charge in [-0.05, 0) is 37.0 Å². The van der Waals surface area contributed by atoms with Crippen molar-refractivity contribution < 1.29 is 9.90 Å². The fourth-order valence-corrected chi connectivity index (χ4v) is 2.72. The van der Waals surface area contributed by atoms with Gasteiger partial charge in [-0.15, -0.1) is 0 Å². The lowest BCUT2D eigenvalue weighted by Gasteiger charge is -2.27. The molecule has 0 saturated heterocycles. The smallest absolute Gasteiger partial charge is 0.306 e. The Balaban J connectivity index is 1.84. The number of hydrogen-bond acceptors (Lipinski definition) is 2. The van der Waals surface area contributed by atoms with Crippen molar-refractivity contribution in [3.63, 3.8) is 0 Å². The Morgan fingerprint density at radius 3 is 3.00 bits per heavy atom. The molecule has 2 N–H and O–H groups in total. The maximum atomic E-state index is 11.0. The lowest BCUT2D eigenvalue weighted by atomic mass is 9.86. The summed E-state index contributed by atoms with van der Waals surface area (Å²) >= 11 is 5.93. The fraction of sp³-hybridized carbons (Fsp3) is 0.500. The van der Waals surface area contributed by atoms with Gasteiger partial charge in [0.1, 0.15) is 0 Å². The molecule has 4 heteroatoms. The second-order valence-electron chi connectivity index (χ2n) is 4.91. The van der Waals surface area contributed by atoms with Crippen molar-refractivity contribution >= 4 is 17.6 Å². The summed E-state index contributed by atoms with van der Waals surface area (Å²) in [5.41, 5.74) is 1.14. The molecule has 2 rings (SSSR count). The van der Waals surface area contributed by atoms with Crippen molar-refractivity contribution in [2.45, 2.75) is 38.3 Å². The van der Waals surface area contributed by atoms with E-state index in [1.54, 1.807) is 0 Å². The summed E-state index contributed by atoms with van der Waals surface area (Å²) in [6, 6.07) is 8.05. The summed E-state index contributed by atoms with van der Waals surface area (Å²) in [4.78, 5) is 11.0. The number of carboxylic acids is 1. The molecule has 98 valence electrons. The Hall–Kier alpha value is -1.06. The van der Waals surface area contributed by atoms with Crippen LogP contribution in [0.5, 0.6) is 0 Å². The third-order valence-corrected chi connectivity index (χ3v) is 3.74. The van der Waals surface area contributed by atoms with Crippen LogP contribution in [0.15, 0.2) is 24.3 Å². The zero-order valence-corrected chi connectivity index (χ0v) is 11.0. The number of nitrogens with one attached hydrogen (secondary N) is 1. The van der Waals surface area contributed by atoms with E-state index in [1.165, 1.54) is 0 Å². The van der Waals surface area contributed by atoms with Gasteiger partial charge in [-0.25, -0.2) is 0 Å². The summed E-state index contributed by atoms with van der Waals surface area (Å²) in [6.07, 6.45) is 3.59. The molecule has 1 aliphatic rings. The zero-order chi connectivity index (χ0) is 13.0. The highest BCUT2D eigenvalue weighted by molar-refractivity contribution is 6.30. The molecule has 0 spiro atoms. The van der Waals surface area contributed by atoms with E-state index in [0.717, 1.165) is 42.8 Å². The highest BCUT2D eigenvalue weighted by atomic mass is 35.5. The van der Waals surface area contributed by atoms with Gasteiger partial charge in [0.2, 0.25) is 0 Å². The first kappa shape index (κ1) is 13.4. The molecule has 0 bridgehead atoms. The molecule has 1 aromatic carbocycles. The number of rotatable bonds is 4. The van der Waals surface area contributed by atoms with Gasteiger partial charge in [-0.3, -0.25) is 4.79 Å². The van der Waals surface area contributed by atoms with E-state index in [9.17, 15) is 4.79 Å². The van der Waals surface area contributed by atoms with Crippen LogP contribution in [0.1, 0.15) is 31.2 Å². The Morgan fingerprint density at radius 1 is 1.44 bits per heavy atom. The SMILES string of the molecule is O=C(O)C1CCCC(NCc2cccc(Cl)c2)C1. The van der Waals surface area contributed by atoms with Crippen LogP contribution in [0.25, 0.3) is 0 Å². The zero-order valence-electron chi connectivity index (χ0n) is 10.2. The molecule has 0 heterocycles. The molecule has 0 aliphatic heterocycles. The lowest BCUT2D eigenvalue weighted by Crippen LogP contribution is -2.36. The number of halogens is 1. The normalized spacial score (nSPS) is 23.8. The van der Waals surface area contributed by atoms with E-state index in [1.807, 2.05) is 24.3 Å². The Morgan fingerprint density at radius 2 is 2.28 bits per heavy atom. The number of carbonyl (C=O) groups is 1. The van der Waals surface area contributed by atoms with Crippen molar-refractivity contribution in [2.75, 3.05) is 0 Å². The molecular weight excluding hydrogens is 250 g/mol. The minimum Gasteiger partial charge on any atom is -0.481 e. The molecule has 3 nitrogen and oxygen atoms in total. The monoisotopic (exact) mass is 267 g/mol. The van der Waals surface area contributed by atoms with Crippen LogP contribution in [0.3, 0.4) is 0 Å². The van der Waals surface area contributed by atoms with Crippen molar-refractivity contribution in [3.05, 3.63) is 34.9 Å².